The molecule has 0 aliphatic carbocycles. The molecule has 0 aliphatic heterocycles. The van der Waals surface area contributed by atoms with Gasteiger partial charge in [-0.05, 0) is 55.4 Å². The second kappa shape index (κ2) is 7.50. The van der Waals surface area contributed by atoms with Crippen LogP contribution in [0.3, 0.4) is 0 Å². The monoisotopic (exact) mass is 407 g/mol. The van der Waals surface area contributed by atoms with Gasteiger partial charge < -0.3 is 5.32 Å². The first-order chi connectivity index (χ1) is 11.3. The molecule has 0 saturated carbocycles. The molecule has 1 amide bonds. The molecule has 0 saturated heterocycles. The van der Waals surface area contributed by atoms with Gasteiger partial charge in [-0.15, -0.1) is 0 Å². The van der Waals surface area contributed by atoms with E-state index in [-0.39, 0.29) is 16.4 Å². The number of nitro benzene ring substituents is 1. The van der Waals surface area contributed by atoms with Crippen LogP contribution in [-0.2, 0) is 0 Å². The summed E-state index contributed by atoms with van der Waals surface area (Å²) in [6, 6.07) is 9.32. The van der Waals surface area contributed by atoms with E-state index >= 15 is 0 Å². The zero-order valence-electron chi connectivity index (χ0n) is 12.9. The molecule has 0 aliphatic rings. The number of benzene rings is 2. The van der Waals surface area contributed by atoms with Crippen LogP contribution in [-0.4, -0.2) is 15.9 Å². The number of hydrogen-bond acceptors (Lipinski definition) is 4. The Morgan fingerprint density at radius 3 is 2.42 bits per heavy atom. The molecule has 24 heavy (non-hydrogen) atoms. The summed E-state index contributed by atoms with van der Waals surface area (Å²) in [6.07, 6.45) is 0. The lowest BCUT2D eigenvalue weighted by molar-refractivity contribution is -0.384. The second-order valence-electron chi connectivity index (χ2n) is 5.13. The molecule has 124 valence electrons. The number of carbonyl (C=O) groups excluding carboxylic acids is 1. The van der Waals surface area contributed by atoms with Crippen LogP contribution in [0.1, 0.15) is 21.5 Å². The number of nitrogens with zero attached hydrogens (tertiary/aromatic N) is 1. The highest BCUT2D eigenvalue weighted by molar-refractivity contribution is 9.10. The fourth-order valence-corrected chi connectivity index (χ4v) is 3.07. The van der Waals surface area contributed by atoms with Gasteiger partial charge in [-0.25, -0.2) is 0 Å². The lowest BCUT2D eigenvalue weighted by Crippen LogP contribution is -2.34. The van der Waals surface area contributed by atoms with Crippen molar-refractivity contribution in [2.45, 2.75) is 13.8 Å². The third-order valence-corrected chi connectivity index (χ3v) is 3.94. The maximum Gasteiger partial charge on any atom is 0.270 e. The van der Waals surface area contributed by atoms with E-state index in [4.69, 9.17) is 12.2 Å². The smallest absolute Gasteiger partial charge is 0.270 e. The van der Waals surface area contributed by atoms with Crippen LogP contribution >= 0.6 is 28.1 Å². The molecule has 0 bridgehead atoms. The van der Waals surface area contributed by atoms with Crippen molar-refractivity contribution in [1.82, 2.24) is 5.32 Å². The summed E-state index contributed by atoms with van der Waals surface area (Å²) in [6.45, 7) is 3.84. The Morgan fingerprint density at radius 2 is 1.83 bits per heavy atom. The molecule has 0 heterocycles. The lowest BCUT2D eigenvalue weighted by Gasteiger charge is -2.14. The van der Waals surface area contributed by atoms with Gasteiger partial charge in [0.25, 0.3) is 11.6 Å². The average Bonchev–Trinajstić information content (AvgIpc) is 2.51. The Bertz CT molecular complexity index is 816. The standard InChI is InChI=1S/C16H14BrN3O3S/c1-9-6-12(17)7-10(2)14(9)18-16(24)19-15(21)11-4-3-5-13(8-11)20(22)23/h3-8H,1-2H3,(H2,18,19,21,24). The van der Waals surface area contributed by atoms with Crippen LogP contribution in [0.2, 0.25) is 0 Å². The fraction of sp³-hybridized carbons (Fsp3) is 0.125. The summed E-state index contributed by atoms with van der Waals surface area (Å²) in [4.78, 5) is 22.4. The van der Waals surface area contributed by atoms with Crippen LogP contribution in [0.25, 0.3) is 0 Å². The van der Waals surface area contributed by atoms with Gasteiger partial charge >= 0.3 is 0 Å². The molecule has 0 fully saturated rings. The summed E-state index contributed by atoms with van der Waals surface area (Å²) < 4.78 is 0.953. The van der Waals surface area contributed by atoms with Gasteiger partial charge in [-0.2, -0.15) is 0 Å². The minimum atomic E-state index is -0.554. The largest absolute Gasteiger partial charge is 0.332 e. The molecule has 2 aromatic rings. The van der Waals surface area contributed by atoms with Crippen molar-refractivity contribution in [3.8, 4) is 0 Å². The van der Waals surface area contributed by atoms with Gasteiger partial charge in [0.05, 0.1) is 4.92 Å². The Morgan fingerprint density at radius 1 is 1.21 bits per heavy atom. The van der Waals surface area contributed by atoms with Gasteiger partial charge in [-0.3, -0.25) is 20.2 Å². The first-order valence-electron chi connectivity index (χ1n) is 6.91. The van der Waals surface area contributed by atoms with Crippen molar-refractivity contribution in [2.75, 3.05) is 5.32 Å². The molecule has 2 aromatic carbocycles. The predicted octanol–water partition coefficient (Wildman–Crippen LogP) is 4.10. The first kappa shape index (κ1) is 18.0. The van der Waals surface area contributed by atoms with E-state index in [1.807, 2.05) is 26.0 Å². The van der Waals surface area contributed by atoms with Crippen molar-refractivity contribution >= 4 is 50.5 Å². The number of anilines is 1. The van der Waals surface area contributed by atoms with Crippen molar-refractivity contribution < 1.29 is 9.72 Å². The molecule has 0 aromatic heterocycles. The van der Waals surface area contributed by atoms with Crippen molar-refractivity contribution in [3.05, 3.63) is 67.7 Å². The Labute approximate surface area is 152 Å². The third-order valence-electron chi connectivity index (χ3n) is 3.28. The molecular formula is C16H14BrN3O3S. The topological polar surface area (TPSA) is 84.3 Å². The van der Waals surface area contributed by atoms with E-state index in [0.29, 0.717) is 0 Å². The number of aryl methyl sites for hydroxylation is 2. The van der Waals surface area contributed by atoms with Crippen LogP contribution < -0.4 is 10.6 Å². The number of carbonyl (C=O) groups is 1. The molecule has 0 atom stereocenters. The second-order valence-corrected chi connectivity index (χ2v) is 6.45. The maximum atomic E-state index is 12.2. The fourth-order valence-electron chi connectivity index (χ4n) is 2.19. The third kappa shape index (κ3) is 4.36. The van der Waals surface area contributed by atoms with Crippen LogP contribution in [0.5, 0.6) is 0 Å². The highest BCUT2D eigenvalue weighted by atomic mass is 79.9. The molecule has 0 radical (unpaired) electrons. The van der Waals surface area contributed by atoms with E-state index in [2.05, 4.69) is 26.6 Å². The van der Waals surface area contributed by atoms with Crippen molar-refractivity contribution in [3.63, 3.8) is 0 Å². The number of thiocarbonyl (C=S) groups is 1. The van der Waals surface area contributed by atoms with E-state index in [1.165, 1.54) is 24.3 Å². The van der Waals surface area contributed by atoms with Crippen LogP contribution in [0.15, 0.2) is 40.9 Å². The molecule has 0 unspecified atom stereocenters. The van der Waals surface area contributed by atoms with Gasteiger partial charge in [0.1, 0.15) is 0 Å². The van der Waals surface area contributed by atoms with Gasteiger partial charge in [0.2, 0.25) is 0 Å². The van der Waals surface area contributed by atoms with Crippen LogP contribution in [0.4, 0.5) is 11.4 Å². The van der Waals surface area contributed by atoms with Crippen molar-refractivity contribution in [1.29, 1.82) is 0 Å². The summed E-state index contributed by atoms with van der Waals surface area (Å²) in [7, 11) is 0. The van der Waals surface area contributed by atoms with Gasteiger partial charge in [0.15, 0.2) is 5.11 Å². The average molecular weight is 408 g/mol. The predicted molar refractivity (Wildman–Crippen MR) is 100 cm³/mol. The summed E-state index contributed by atoms with van der Waals surface area (Å²) in [5.74, 6) is -0.511. The molecule has 6 nitrogen and oxygen atoms in total. The van der Waals surface area contributed by atoms with Crippen LogP contribution in [0, 0.1) is 24.0 Å². The minimum absolute atomic E-state index is 0.125. The summed E-state index contributed by atoms with van der Waals surface area (Å²) in [5, 5.41) is 16.4. The summed E-state index contributed by atoms with van der Waals surface area (Å²) >= 11 is 8.58. The number of non-ortho nitro benzene ring substituents is 1. The zero-order chi connectivity index (χ0) is 17.9. The number of nitro groups is 1. The Hall–Kier alpha value is -2.32. The van der Waals surface area contributed by atoms with Crippen molar-refractivity contribution in [2.24, 2.45) is 0 Å². The molecule has 0 spiro atoms. The molecule has 2 N–H and O–H groups in total. The SMILES string of the molecule is Cc1cc(Br)cc(C)c1NC(=S)NC(=O)c1cccc([N+](=O)[O-])c1. The lowest BCUT2D eigenvalue weighted by atomic mass is 10.1. The minimum Gasteiger partial charge on any atom is -0.332 e. The quantitative estimate of drug-likeness (QED) is 0.454. The number of halogens is 1. The molecular weight excluding hydrogens is 394 g/mol. The van der Waals surface area contributed by atoms with Gasteiger partial charge in [-0.1, -0.05) is 22.0 Å². The van der Waals surface area contributed by atoms with E-state index in [1.54, 1.807) is 0 Å². The maximum absolute atomic E-state index is 12.2. The Kier molecular flexibility index (Phi) is 5.63. The highest BCUT2D eigenvalue weighted by Crippen LogP contribution is 2.25. The number of rotatable bonds is 3. The normalized spacial score (nSPS) is 10.1. The highest BCUT2D eigenvalue weighted by Gasteiger charge is 2.13. The number of nitrogens with one attached hydrogen (secondary N) is 2. The zero-order valence-corrected chi connectivity index (χ0v) is 15.3. The van der Waals surface area contributed by atoms with E-state index in [9.17, 15) is 14.9 Å². The van der Waals surface area contributed by atoms with E-state index < -0.39 is 10.8 Å². The molecule has 2 rings (SSSR count). The summed E-state index contributed by atoms with van der Waals surface area (Å²) in [5.41, 5.74) is 2.75. The number of hydrogen-bond donors (Lipinski definition) is 2. The molecule has 8 heteroatoms. The van der Waals surface area contributed by atoms with Gasteiger partial charge in [0, 0.05) is 27.9 Å². The Balaban J connectivity index is 2.11. The first-order valence-corrected chi connectivity index (χ1v) is 8.11. The van der Waals surface area contributed by atoms with E-state index in [0.717, 1.165) is 21.3 Å². The number of amides is 1.